The topological polar surface area (TPSA) is 108 Å². The first-order chi connectivity index (χ1) is 20.3. The predicted molar refractivity (Wildman–Crippen MR) is 166 cm³/mol. The second-order valence-corrected chi connectivity index (χ2v) is 11.9. The van der Waals surface area contributed by atoms with E-state index >= 15 is 0 Å². The van der Waals surface area contributed by atoms with Crippen molar-refractivity contribution in [1.82, 2.24) is 15.1 Å². The lowest BCUT2D eigenvalue weighted by Gasteiger charge is -2.53. The van der Waals surface area contributed by atoms with Crippen molar-refractivity contribution in [3.05, 3.63) is 53.6 Å². The molecule has 2 aliphatic heterocycles. The third-order valence-electron chi connectivity index (χ3n) is 9.27. The molecular weight excluding hydrogens is 570 g/mol. The van der Waals surface area contributed by atoms with E-state index < -0.39 is 11.5 Å². The number of halogens is 1. The number of likely N-dealkylation sites (tertiary alicyclic amines) is 1. The number of carboxylic acid groups (broad SMARTS) is 1. The Morgan fingerprint density at radius 1 is 1.02 bits per heavy atom. The smallest absolute Gasteiger partial charge is 0.335 e. The molecule has 3 fully saturated rings. The summed E-state index contributed by atoms with van der Waals surface area (Å²) in [6.45, 7) is 5.00. The summed E-state index contributed by atoms with van der Waals surface area (Å²) in [5.41, 5.74) is 0.502. The normalized spacial score (nSPS) is 20.8. The Morgan fingerprint density at radius 2 is 1.72 bits per heavy atom. The number of nitrogens with zero attached hydrogens (tertiary/aromatic N) is 2. The molecule has 0 bridgehead atoms. The summed E-state index contributed by atoms with van der Waals surface area (Å²) < 4.78 is 11.3. The quantitative estimate of drug-likeness (QED) is 0.356. The maximum absolute atomic E-state index is 13.8. The van der Waals surface area contributed by atoms with Crippen LogP contribution in [0.25, 0.3) is 0 Å². The number of amides is 2. The van der Waals surface area contributed by atoms with Gasteiger partial charge in [-0.1, -0.05) is 44.7 Å². The number of piperidine rings is 1. The molecule has 2 heterocycles. The number of unbranched alkanes of at least 4 members (excludes halogenated alkanes) is 1. The molecule has 1 spiro atoms. The van der Waals surface area contributed by atoms with Gasteiger partial charge in [0.2, 0.25) is 11.8 Å². The highest BCUT2D eigenvalue weighted by atomic mass is 35.5. The van der Waals surface area contributed by atoms with E-state index in [4.69, 9.17) is 9.47 Å². The molecule has 43 heavy (non-hydrogen) atoms. The van der Waals surface area contributed by atoms with Crippen LogP contribution in [0.2, 0.25) is 0 Å². The van der Waals surface area contributed by atoms with Crippen LogP contribution < -0.4 is 14.8 Å². The minimum absolute atomic E-state index is 0. The third kappa shape index (κ3) is 7.10. The van der Waals surface area contributed by atoms with Crippen LogP contribution in [0, 0.1) is 5.92 Å². The van der Waals surface area contributed by atoms with Crippen LogP contribution in [0.15, 0.2) is 42.5 Å². The SMILES string of the molecule is CCCCN1C(=O)[C@H](C2CCCCC2)NC(=O)C12CCN(Cc1ccc(Oc3ccc(C(=O)O)cc3OC)cc1)CC2.Cl. The van der Waals surface area contributed by atoms with Crippen molar-refractivity contribution >= 4 is 30.2 Å². The van der Waals surface area contributed by atoms with Gasteiger partial charge in [-0.25, -0.2) is 4.79 Å². The zero-order valence-corrected chi connectivity index (χ0v) is 26.0. The number of carbonyl (C=O) groups is 3. The number of rotatable bonds is 10. The summed E-state index contributed by atoms with van der Waals surface area (Å²) in [5.74, 6) is 0.818. The van der Waals surface area contributed by atoms with Crippen LogP contribution in [0.4, 0.5) is 0 Å². The molecule has 10 heteroatoms. The Labute approximate surface area is 260 Å². The summed E-state index contributed by atoms with van der Waals surface area (Å²) in [4.78, 5) is 43.1. The monoisotopic (exact) mass is 613 g/mol. The lowest BCUT2D eigenvalue weighted by molar-refractivity contribution is -0.163. The largest absolute Gasteiger partial charge is 0.493 e. The van der Waals surface area contributed by atoms with Crippen LogP contribution in [0.3, 0.4) is 0 Å². The summed E-state index contributed by atoms with van der Waals surface area (Å²) in [5, 5.41) is 12.4. The number of aromatic carboxylic acids is 1. The van der Waals surface area contributed by atoms with E-state index in [9.17, 15) is 19.5 Å². The predicted octanol–water partition coefficient (Wildman–Crippen LogP) is 5.65. The number of carboxylic acids is 1. The Kier molecular flexibility index (Phi) is 11.0. The molecule has 0 radical (unpaired) electrons. The first-order valence-electron chi connectivity index (χ1n) is 15.4. The number of hydrogen-bond acceptors (Lipinski definition) is 6. The Bertz CT molecular complexity index is 1270. The minimum atomic E-state index is -1.03. The number of ether oxygens (including phenoxy) is 2. The second kappa shape index (κ2) is 14.4. The van der Waals surface area contributed by atoms with Gasteiger partial charge in [-0.05, 0) is 73.9 Å². The lowest BCUT2D eigenvalue weighted by atomic mass is 9.77. The maximum atomic E-state index is 13.8. The third-order valence-corrected chi connectivity index (χ3v) is 9.27. The minimum Gasteiger partial charge on any atom is -0.493 e. The van der Waals surface area contributed by atoms with Gasteiger partial charge in [0.05, 0.1) is 12.7 Å². The van der Waals surface area contributed by atoms with Gasteiger partial charge in [0.15, 0.2) is 11.5 Å². The van der Waals surface area contributed by atoms with Crippen molar-refractivity contribution in [1.29, 1.82) is 0 Å². The highest BCUT2D eigenvalue weighted by Crippen LogP contribution is 2.38. The number of methoxy groups -OCH3 is 1. The standard InChI is InChI=1S/C33H43N3O6.ClH/c1-3-4-18-36-30(37)29(24-8-6-5-7-9-24)34-32(40)33(36)16-19-35(20-17-33)22-23-10-13-26(14-11-23)42-27-15-12-25(31(38)39)21-28(27)41-2;/h10-15,21,24,29H,3-9,16-20,22H2,1-2H3,(H,34,40)(H,38,39);1H/t29-;/m0./s1. The number of carbonyl (C=O) groups excluding carboxylic acids is 2. The Balaban J connectivity index is 0.00000423. The van der Waals surface area contributed by atoms with Crippen molar-refractivity contribution in [2.45, 2.75) is 82.8 Å². The van der Waals surface area contributed by atoms with E-state index in [2.05, 4.69) is 17.1 Å². The van der Waals surface area contributed by atoms with E-state index in [0.717, 1.165) is 63.7 Å². The fourth-order valence-electron chi connectivity index (χ4n) is 6.78. The summed E-state index contributed by atoms with van der Waals surface area (Å²) in [6.07, 6.45) is 8.71. The van der Waals surface area contributed by atoms with Crippen molar-refractivity contribution in [2.24, 2.45) is 5.92 Å². The van der Waals surface area contributed by atoms with Crippen LogP contribution in [0.1, 0.15) is 80.6 Å². The zero-order valence-electron chi connectivity index (χ0n) is 25.2. The van der Waals surface area contributed by atoms with Crippen molar-refractivity contribution in [3.8, 4) is 17.2 Å². The first kappa shape index (κ1) is 32.6. The summed E-state index contributed by atoms with van der Waals surface area (Å²) in [6, 6.07) is 11.9. The molecule has 0 unspecified atom stereocenters. The molecule has 2 N–H and O–H groups in total. The molecule has 234 valence electrons. The number of hydrogen-bond donors (Lipinski definition) is 2. The molecule has 1 aliphatic carbocycles. The zero-order chi connectivity index (χ0) is 29.7. The molecule has 2 aromatic rings. The fraction of sp³-hybridized carbons (Fsp3) is 0.545. The number of piperazine rings is 1. The lowest BCUT2D eigenvalue weighted by Crippen LogP contribution is -2.74. The highest BCUT2D eigenvalue weighted by molar-refractivity contribution is 6.00. The molecule has 0 aromatic heterocycles. The van der Waals surface area contributed by atoms with Crippen LogP contribution in [0.5, 0.6) is 17.2 Å². The van der Waals surface area contributed by atoms with Gasteiger partial charge in [0, 0.05) is 26.2 Å². The summed E-state index contributed by atoms with van der Waals surface area (Å²) in [7, 11) is 1.48. The van der Waals surface area contributed by atoms with Crippen molar-refractivity contribution in [3.63, 3.8) is 0 Å². The molecule has 2 amide bonds. The average molecular weight is 614 g/mol. The van der Waals surface area contributed by atoms with E-state index in [1.807, 2.05) is 29.2 Å². The Morgan fingerprint density at radius 3 is 2.35 bits per heavy atom. The van der Waals surface area contributed by atoms with Gasteiger partial charge in [0.1, 0.15) is 17.3 Å². The van der Waals surface area contributed by atoms with Gasteiger partial charge < -0.3 is 24.8 Å². The van der Waals surface area contributed by atoms with Crippen molar-refractivity contribution < 1.29 is 29.0 Å². The van der Waals surface area contributed by atoms with Crippen LogP contribution in [-0.2, 0) is 16.1 Å². The van der Waals surface area contributed by atoms with Crippen molar-refractivity contribution in [2.75, 3.05) is 26.7 Å². The van der Waals surface area contributed by atoms with Gasteiger partial charge in [-0.15, -0.1) is 12.4 Å². The van der Waals surface area contributed by atoms with E-state index in [0.29, 0.717) is 36.6 Å². The van der Waals surface area contributed by atoms with Crippen LogP contribution >= 0.6 is 12.4 Å². The molecule has 5 rings (SSSR count). The average Bonchev–Trinajstić information content (AvgIpc) is 3.01. The number of nitrogens with one attached hydrogen (secondary N) is 1. The maximum Gasteiger partial charge on any atom is 0.335 e. The molecule has 3 aliphatic rings. The van der Waals surface area contributed by atoms with Gasteiger partial charge in [-0.2, -0.15) is 0 Å². The fourth-order valence-corrected chi connectivity index (χ4v) is 6.78. The van der Waals surface area contributed by atoms with E-state index in [1.54, 1.807) is 6.07 Å². The summed E-state index contributed by atoms with van der Waals surface area (Å²) >= 11 is 0. The van der Waals surface area contributed by atoms with E-state index in [1.165, 1.54) is 25.7 Å². The Hall–Kier alpha value is -3.30. The molecule has 2 saturated heterocycles. The second-order valence-electron chi connectivity index (χ2n) is 11.9. The molecular formula is C33H44ClN3O6. The molecule has 1 saturated carbocycles. The van der Waals surface area contributed by atoms with Gasteiger partial charge in [-0.3, -0.25) is 14.5 Å². The van der Waals surface area contributed by atoms with Crippen LogP contribution in [-0.4, -0.2) is 71.0 Å². The molecule has 2 aromatic carbocycles. The van der Waals surface area contributed by atoms with Gasteiger partial charge >= 0.3 is 5.97 Å². The highest BCUT2D eigenvalue weighted by Gasteiger charge is 2.54. The number of benzene rings is 2. The molecule has 9 nitrogen and oxygen atoms in total. The molecule has 1 atom stereocenters. The van der Waals surface area contributed by atoms with Gasteiger partial charge in [0.25, 0.3) is 0 Å². The first-order valence-corrected chi connectivity index (χ1v) is 15.4. The van der Waals surface area contributed by atoms with E-state index in [-0.39, 0.29) is 41.7 Å².